The summed E-state index contributed by atoms with van der Waals surface area (Å²) in [6, 6.07) is 54.8. The van der Waals surface area contributed by atoms with Gasteiger partial charge in [0, 0.05) is 47.8 Å². The first kappa shape index (κ1) is 28.2. The number of hydrogen-bond donors (Lipinski definition) is 0. The molecule has 0 fully saturated rings. The summed E-state index contributed by atoms with van der Waals surface area (Å²) in [6.07, 6.45) is 0. The maximum absolute atomic E-state index is 5.16. The number of thiazole rings is 2. The Bertz CT molecular complexity index is 3110. The van der Waals surface area contributed by atoms with Crippen molar-refractivity contribution in [2.45, 2.75) is 0 Å². The summed E-state index contributed by atoms with van der Waals surface area (Å²) in [5.74, 6) is 0. The van der Waals surface area contributed by atoms with E-state index < -0.39 is 0 Å². The van der Waals surface area contributed by atoms with Gasteiger partial charge in [-0.2, -0.15) is 0 Å². The normalized spacial score (nSPS) is 12.0. The van der Waals surface area contributed by atoms with Crippen molar-refractivity contribution in [3.8, 4) is 38.0 Å². The van der Waals surface area contributed by atoms with Crippen molar-refractivity contribution in [2.75, 3.05) is 0 Å². The highest BCUT2D eigenvalue weighted by molar-refractivity contribution is 7.25. The van der Waals surface area contributed by atoms with Crippen molar-refractivity contribution in [3.63, 3.8) is 0 Å². The second-order valence-electron chi connectivity index (χ2n) is 12.6. The molecule has 0 saturated heterocycles. The average Bonchev–Trinajstić information content (AvgIpc) is 3.95. The van der Waals surface area contributed by atoms with Crippen LogP contribution in [0.1, 0.15) is 0 Å². The largest absolute Gasteiger partial charge is 0.309 e. The molecular formula is C44H25N3S3. The van der Waals surface area contributed by atoms with Crippen molar-refractivity contribution in [2.24, 2.45) is 0 Å². The van der Waals surface area contributed by atoms with E-state index in [4.69, 9.17) is 9.97 Å². The van der Waals surface area contributed by atoms with Gasteiger partial charge in [-0.1, -0.05) is 72.8 Å². The molecule has 0 aliphatic carbocycles. The zero-order chi connectivity index (χ0) is 32.8. The Kier molecular flexibility index (Phi) is 6.16. The third kappa shape index (κ3) is 4.39. The third-order valence-corrected chi connectivity index (χ3v) is 13.0. The van der Waals surface area contributed by atoms with Gasteiger partial charge in [0.1, 0.15) is 10.0 Å². The summed E-state index contributed by atoms with van der Waals surface area (Å²) in [5, 5.41) is 7.17. The van der Waals surface area contributed by atoms with Crippen molar-refractivity contribution in [1.29, 1.82) is 0 Å². The van der Waals surface area contributed by atoms with E-state index in [9.17, 15) is 0 Å². The van der Waals surface area contributed by atoms with Gasteiger partial charge in [-0.25, -0.2) is 9.97 Å². The van der Waals surface area contributed by atoms with E-state index in [0.717, 1.165) is 32.2 Å². The molecule has 0 spiro atoms. The van der Waals surface area contributed by atoms with Crippen LogP contribution in [0.5, 0.6) is 0 Å². The first-order valence-electron chi connectivity index (χ1n) is 16.6. The van der Waals surface area contributed by atoms with Gasteiger partial charge in [-0.15, -0.1) is 34.0 Å². The van der Waals surface area contributed by atoms with Gasteiger partial charge < -0.3 is 4.57 Å². The van der Waals surface area contributed by atoms with Crippen LogP contribution in [0.4, 0.5) is 0 Å². The zero-order valence-corrected chi connectivity index (χ0v) is 28.9. The molecule has 3 nitrogen and oxygen atoms in total. The van der Waals surface area contributed by atoms with Crippen molar-refractivity contribution < 1.29 is 0 Å². The maximum atomic E-state index is 5.16. The van der Waals surface area contributed by atoms with E-state index in [-0.39, 0.29) is 0 Å². The number of fused-ring (bicyclic) bond motifs is 8. The summed E-state index contributed by atoms with van der Waals surface area (Å²) in [4.78, 5) is 10.2. The summed E-state index contributed by atoms with van der Waals surface area (Å²) in [5.41, 5.74) is 10.3. The van der Waals surface area contributed by atoms with E-state index in [0.29, 0.717) is 0 Å². The van der Waals surface area contributed by atoms with Crippen molar-refractivity contribution in [3.05, 3.63) is 152 Å². The molecule has 4 aromatic heterocycles. The predicted molar refractivity (Wildman–Crippen MR) is 216 cm³/mol. The van der Waals surface area contributed by atoms with Gasteiger partial charge in [0.05, 0.1) is 31.5 Å². The molecule has 0 amide bonds. The molecule has 0 aliphatic rings. The lowest BCUT2D eigenvalue weighted by Crippen LogP contribution is -1.92. The van der Waals surface area contributed by atoms with Crippen molar-refractivity contribution >= 4 is 96.4 Å². The molecule has 234 valence electrons. The molecule has 6 heteroatoms. The SMILES string of the molecule is c1ccc(-n2c3ccccc3c3cc(-c4nc5cc(-c6nc7ccc(-c8ccc9sc%10ccccc%10c9c8)cc7s6)ccc5s4)ccc32)cc1. The lowest BCUT2D eigenvalue weighted by molar-refractivity contribution is 1.18. The highest BCUT2D eigenvalue weighted by atomic mass is 32.1. The lowest BCUT2D eigenvalue weighted by atomic mass is 10.0. The topological polar surface area (TPSA) is 30.7 Å². The second kappa shape index (κ2) is 10.9. The van der Waals surface area contributed by atoms with Crippen LogP contribution >= 0.6 is 34.0 Å². The maximum Gasteiger partial charge on any atom is 0.124 e. The second-order valence-corrected chi connectivity index (χ2v) is 15.8. The monoisotopic (exact) mass is 691 g/mol. The number of rotatable bonds is 4. The number of nitrogens with zero attached hydrogens (tertiary/aromatic N) is 3. The standard InChI is InChI=1S/C44H25N3S3/c1-2-8-30(9-3-1)47-37-12-6-4-10-31(37)33-23-28(15-19-38(33)47)43-46-36-24-29(17-21-41(36)49-43)44-45-35-18-14-27(25-42(35)50-44)26-16-20-40-34(22-26)32-11-5-7-13-39(32)48-40/h1-25H. The smallest absolute Gasteiger partial charge is 0.124 e. The fraction of sp³-hybridized carbons (Fsp3) is 0. The first-order chi connectivity index (χ1) is 24.7. The number of para-hydroxylation sites is 2. The Labute approximate surface area is 299 Å². The van der Waals surface area contributed by atoms with Gasteiger partial charge in [0.15, 0.2) is 0 Å². The van der Waals surface area contributed by atoms with Gasteiger partial charge in [0.25, 0.3) is 0 Å². The van der Waals surface area contributed by atoms with E-state index >= 15 is 0 Å². The molecule has 11 aromatic rings. The van der Waals surface area contributed by atoms with Crippen LogP contribution in [0.2, 0.25) is 0 Å². The predicted octanol–water partition coefficient (Wildman–Crippen LogP) is 13.4. The number of thiophene rings is 1. The van der Waals surface area contributed by atoms with Crippen LogP contribution < -0.4 is 0 Å². The molecule has 0 saturated carbocycles. The van der Waals surface area contributed by atoms with E-state index in [2.05, 4.69) is 156 Å². The average molecular weight is 692 g/mol. The first-order valence-corrected chi connectivity index (χ1v) is 19.0. The summed E-state index contributed by atoms with van der Waals surface area (Å²) in [6.45, 7) is 0. The summed E-state index contributed by atoms with van der Waals surface area (Å²) in [7, 11) is 0. The number of hydrogen-bond acceptors (Lipinski definition) is 5. The number of aromatic nitrogens is 3. The van der Waals surface area contributed by atoms with Crippen molar-refractivity contribution in [1.82, 2.24) is 14.5 Å². The molecule has 0 bridgehead atoms. The van der Waals surface area contributed by atoms with Gasteiger partial charge >= 0.3 is 0 Å². The van der Waals surface area contributed by atoms with Gasteiger partial charge in [-0.05, 0) is 90.0 Å². The Morgan fingerprint density at radius 2 is 0.980 bits per heavy atom. The number of benzene rings is 7. The lowest BCUT2D eigenvalue weighted by Gasteiger charge is -2.07. The molecule has 11 rings (SSSR count). The Morgan fingerprint density at radius 3 is 1.90 bits per heavy atom. The fourth-order valence-corrected chi connectivity index (χ4v) is 10.3. The Hall–Kier alpha value is -5.66. The third-order valence-electron chi connectivity index (χ3n) is 9.67. The highest BCUT2D eigenvalue weighted by Crippen LogP contribution is 2.40. The molecule has 4 heterocycles. The minimum absolute atomic E-state index is 1.01. The Morgan fingerprint density at radius 1 is 0.360 bits per heavy atom. The molecule has 7 aromatic carbocycles. The van der Waals surface area contributed by atoms with Gasteiger partial charge in [-0.3, -0.25) is 0 Å². The zero-order valence-electron chi connectivity index (χ0n) is 26.5. The molecule has 0 unspecified atom stereocenters. The van der Waals surface area contributed by atoms with E-state index in [1.165, 1.54) is 68.2 Å². The van der Waals surface area contributed by atoms with Crippen LogP contribution in [-0.4, -0.2) is 14.5 Å². The fourth-order valence-electron chi connectivity index (χ4n) is 7.28. The van der Waals surface area contributed by atoms with Crippen LogP contribution in [0.3, 0.4) is 0 Å². The van der Waals surface area contributed by atoms with E-state index in [1.54, 1.807) is 22.7 Å². The van der Waals surface area contributed by atoms with Crippen LogP contribution in [0.15, 0.2) is 152 Å². The molecular weight excluding hydrogens is 667 g/mol. The molecule has 0 atom stereocenters. The Balaban J connectivity index is 0.953. The minimum Gasteiger partial charge on any atom is -0.309 e. The highest BCUT2D eigenvalue weighted by Gasteiger charge is 2.16. The molecule has 0 N–H and O–H groups in total. The molecule has 0 radical (unpaired) electrons. The molecule has 50 heavy (non-hydrogen) atoms. The van der Waals surface area contributed by atoms with Crippen LogP contribution in [0, 0.1) is 0 Å². The molecule has 0 aliphatic heterocycles. The minimum atomic E-state index is 1.01. The van der Waals surface area contributed by atoms with E-state index in [1.807, 2.05) is 11.3 Å². The summed E-state index contributed by atoms with van der Waals surface area (Å²) < 4.78 is 7.38. The quantitative estimate of drug-likeness (QED) is 0.184. The van der Waals surface area contributed by atoms with Gasteiger partial charge in [0.2, 0.25) is 0 Å². The van der Waals surface area contributed by atoms with Crippen LogP contribution in [-0.2, 0) is 0 Å². The van der Waals surface area contributed by atoms with Crippen LogP contribution in [0.25, 0.3) is 100 Å². The summed E-state index contributed by atoms with van der Waals surface area (Å²) >= 11 is 5.35.